The average Bonchev–Trinajstić information content (AvgIpc) is 3.20. The number of hydrogen-bond donors (Lipinski definition) is 1. The molecule has 8 heteroatoms. The van der Waals surface area contributed by atoms with Crippen LogP contribution < -0.4 is 5.32 Å². The van der Waals surface area contributed by atoms with Crippen LogP contribution >= 0.6 is 0 Å². The average molecular weight is 437 g/mol. The molecule has 2 atom stereocenters. The molecule has 0 aliphatic carbocycles. The van der Waals surface area contributed by atoms with Gasteiger partial charge in [-0.1, -0.05) is 19.1 Å². The number of hydrogen-bond acceptors (Lipinski definition) is 4. The Hall–Kier alpha value is -1.64. The van der Waals surface area contributed by atoms with Gasteiger partial charge in [0, 0.05) is 45.8 Å². The second kappa shape index (κ2) is 10.6. The molecule has 0 spiro atoms. The van der Waals surface area contributed by atoms with Gasteiger partial charge < -0.3 is 15.0 Å². The predicted octanol–water partition coefficient (Wildman–Crippen LogP) is 2.54. The van der Waals surface area contributed by atoms with Crippen LogP contribution in [0.4, 0.5) is 0 Å². The molecule has 0 bridgehead atoms. The van der Waals surface area contributed by atoms with Gasteiger partial charge in [0.25, 0.3) is 0 Å². The highest BCUT2D eigenvalue weighted by molar-refractivity contribution is 7.89. The van der Waals surface area contributed by atoms with Crippen LogP contribution in [0.5, 0.6) is 0 Å². The number of rotatable bonds is 7. The van der Waals surface area contributed by atoms with Crippen molar-refractivity contribution in [3.05, 3.63) is 29.8 Å². The Morgan fingerprint density at radius 1 is 1.20 bits per heavy atom. The van der Waals surface area contributed by atoms with Crippen LogP contribution in [0.1, 0.15) is 38.7 Å². The maximum absolute atomic E-state index is 12.9. The molecule has 1 N–H and O–H groups in total. The number of likely N-dealkylation sites (tertiary alicyclic amines) is 1. The van der Waals surface area contributed by atoms with Gasteiger partial charge in [0.1, 0.15) is 0 Å². The normalized spacial score (nSPS) is 23.7. The van der Waals surface area contributed by atoms with E-state index in [9.17, 15) is 8.42 Å². The third kappa shape index (κ3) is 5.74. The summed E-state index contributed by atoms with van der Waals surface area (Å²) in [4.78, 5) is 7.44. The summed E-state index contributed by atoms with van der Waals surface area (Å²) in [5, 5.41) is 3.37. The van der Waals surface area contributed by atoms with Gasteiger partial charge in [-0.2, -0.15) is 4.31 Å². The Morgan fingerprint density at radius 2 is 1.97 bits per heavy atom. The molecule has 2 saturated heterocycles. The number of piperidine rings is 1. The molecule has 2 aliphatic heterocycles. The van der Waals surface area contributed by atoms with Gasteiger partial charge in [-0.15, -0.1) is 0 Å². The van der Waals surface area contributed by atoms with Crippen LogP contribution in [0.25, 0.3) is 0 Å². The summed E-state index contributed by atoms with van der Waals surface area (Å²) in [6.07, 6.45) is 3.14. The highest BCUT2D eigenvalue weighted by Crippen LogP contribution is 2.24. The minimum atomic E-state index is -3.41. The maximum atomic E-state index is 12.9. The third-order valence-corrected chi connectivity index (χ3v) is 7.79. The summed E-state index contributed by atoms with van der Waals surface area (Å²) in [5.41, 5.74) is 1.00. The van der Waals surface area contributed by atoms with Crippen molar-refractivity contribution in [2.75, 3.05) is 46.4 Å². The van der Waals surface area contributed by atoms with Gasteiger partial charge in [0.15, 0.2) is 5.96 Å². The van der Waals surface area contributed by atoms with Crippen LogP contribution in [-0.4, -0.2) is 70.0 Å². The van der Waals surface area contributed by atoms with E-state index in [1.165, 1.54) is 0 Å². The first-order valence-electron chi connectivity index (χ1n) is 11.0. The third-order valence-electron chi connectivity index (χ3n) is 5.91. The van der Waals surface area contributed by atoms with E-state index in [0.29, 0.717) is 36.4 Å². The highest BCUT2D eigenvalue weighted by Gasteiger charge is 2.28. The van der Waals surface area contributed by atoms with Gasteiger partial charge >= 0.3 is 0 Å². The van der Waals surface area contributed by atoms with E-state index in [-0.39, 0.29) is 0 Å². The molecule has 30 heavy (non-hydrogen) atoms. The molecule has 1 aromatic carbocycles. The van der Waals surface area contributed by atoms with E-state index in [0.717, 1.165) is 57.0 Å². The zero-order valence-electron chi connectivity index (χ0n) is 18.5. The fourth-order valence-corrected chi connectivity index (χ4v) is 5.87. The minimum absolute atomic E-state index is 0.373. The Bertz CT molecular complexity index is 810. The second-order valence-corrected chi connectivity index (χ2v) is 10.4. The molecule has 2 heterocycles. The van der Waals surface area contributed by atoms with Crippen molar-refractivity contribution >= 4 is 16.0 Å². The molecule has 0 amide bonds. The van der Waals surface area contributed by atoms with Crippen molar-refractivity contribution < 1.29 is 13.2 Å². The first-order chi connectivity index (χ1) is 14.4. The largest absolute Gasteiger partial charge is 0.384 e. The number of ether oxygens (including phenoxy) is 1. The Labute approximate surface area is 181 Å². The van der Waals surface area contributed by atoms with Crippen LogP contribution in [0.3, 0.4) is 0 Å². The molecular weight excluding hydrogens is 400 g/mol. The van der Waals surface area contributed by atoms with Crippen molar-refractivity contribution in [1.29, 1.82) is 0 Å². The van der Waals surface area contributed by atoms with Crippen LogP contribution in [0.2, 0.25) is 0 Å². The summed E-state index contributed by atoms with van der Waals surface area (Å²) in [6, 6.07) is 7.20. The number of aliphatic imine (C=N–C) groups is 1. The van der Waals surface area contributed by atoms with Gasteiger partial charge in [-0.05, 0) is 49.8 Å². The molecular formula is C22H36N4O3S. The van der Waals surface area contributed by atoms with Gasteiger partial charge in [-0.25, -0.2) is 13.4 Å². The molecule has 0 saturated carbocycles. The number of methoxy groups -OCH3 is 1. The predicted molar refractivity (Wildman–Crippen MR) is 120 cm³/mol. The zero-order chi connectivity index (χ0) is 21.6. The minimum Gasteiger partial charge on any atom is -0.384 e. The van der Waals surface area contributed by atoms with Crippen molar-refractivity contribution in [2.24, 2.45) is 16.8 Å². The number of nitrogens with one attached hydrogen (secondary N) is 1. The molecule has 3 rings (SSSR count). The van der Waals surface area contributed by atoms with Crippen molar-refractivity contribution in [3.63, 3.8) is 0 Å². The SMILES string of the molecule is CCNC(=NCc1ccc(S(=O)(=O)N2CCCC(C)C2)cc1)N1CCC(COC)C1. The zero-order valence-corrected chi connectivity index (χ0v) is 19.3. The smallest absolute Gasteiger partial charge is 0.243 e. The topological polar surface area (TPSA) is 74.2 Å². The van der Waals surface area contributed by atoms with Gasteiger partial charge in [-0.3, -0.25) is 0 Å². The summed E-state index contributed by atoms with van der Waals surface area (Å²) in [6.45, 7) is 9.45. The molecule has 0 aromatic heterocycles. The standard InChI is InChI=1S/C22H36N4O3S/c1-4-23-22(25-13-11-20(16-25)17-29-3)24-14-19-7-9-21(10-8-19)30(27,28)26-12-5-6-18(2)15-26/h7-10,18,20H,4-6,11-17H2,1-3H3,(H,23,24). The van der Waals surface area contributed by atoms with E-state index < -0.39 is 10.0 Å². The summed E-state index contributed by atoms with van der Waals surface area (Å²) >= 11 is 0. The lowest BCUT2D eigenvalue weighted by Crippen LogP contribution is -2.40. The fraction of sp³-hybridized carbons (Fsp3) is 0.682. The van der Waals surface area contributed by atoms with Crippen LogP contribution in [0.15, 0.2) is 34.2 Å². The molecule has 2 aliphatic rings. The molecule has 168 valence electrons. The summed E-state index contributed by atoms with van der Waals surface area (Å²) in [7, 11) is -1.66. The summed E-state index contributed by atoms with van der Waals surface area (Å²) < 4.78 is 32.8. The van der Waals surface area contributed by atoms with E-state index in [1.807, 2.05) is 12.1 Å². The first kappa shape index (κ1) is 23.0. The maximum Gasteiger partial charge on any atom is 0.243 e. The Balaban J connectivity index is 1.65. The quantitative estimate of drug-likeness (QED) is 0.525. The second-order valence-electron chi connectivity index (χ2n) is 8.48. The van der Waals surface area contributed by atoms with E-state index in [1.54, 1.807) is 23.5 Å². The molecule has 1 aromatic rings. The van der Waals surface area contributed by atoms with E-state index in [2.05, 4.69) is 24.1 Å². The lowest BCUT2D eigenvalue weighted by atomic mass is 10.0. The van der Waals surface area contributed by atoms with Crippen LogP contribution in [0, 0.1) is 11.8 Å². The fourth-order valence-electron chi connectivity index (χ4n) is 4.27. The van der Waals surface area contributed by atoms with Crippen molar-refractivity contribution in [1.82, 2.24) is 14.5 Å². The number of benzene rings is 1. The van der Waals surface area contributed by atoms with Crippen LogP contribution in [-0.2, 0) is 21.3 Å². The van der Waals surface area contributed by atoms with E-state index in [4.69, 9.17) is 9.73 Å². The first-order valence-corrected chi connectivity index (χ1v) is 12.5. The molecule has 0 radical (unpaired) electrons. The number of sulfonamides is 1. The Kier molecular flexibility index (Phi) is 8.13. The van der Waals surface area contributed by atoms with Crippen molar-refractivity contribution in [3.8, 4) is 0 Å². The Morgan fingerprint density at radius 3 is 2.63 bits per heavy atom. The van der Waals surface area contributed by atoms with Gasteiger partial charge in [0.05, 0.1) is 18.0 Å². The highest BCUT2D eigenvalue weighted by atomic mass is 32.2. The lowest BCUT2D eigenvalue weighted by Gasteiger charge is -2.30. The number of nitrogens with zero attached hydrogens (tertiary/aromatic N) is 3. The molecule has 2 unspecified atom stereocenters. The summed E-state index contributed by atoms with van der Waals surface area (Å²) in [5.74, 6) is 1.87. The van der Waals surface area contributed by atoms with Gasteiger partial charge in [0.2, 0.25) is 10.0 Å². The molecule has 7 nitrogen and oxygen atoms in total. The number of guanidine groups is 1. The van der Waals surface area contributed by atoms with E-state index >= 15 is 0 Å². The monoisotopic (exact) mass is 436 g/mol. The van der Waals surface area contributed by atoms with Crippen molar-refractivity contribution in [2.45, 2.75) is 44.6 Å². The molecule has 2 fully saturated rings. The lowest BCUT2D eigenvalue weighted by molar-refractivity contribution is 0.157.